The molecule has 0 unspecified atom stereocenters. The fourth-order valence-electron chi connectivity index (χ4n) is 3.47. The largest absolute Gasteiger partial charge is 0.370 e. The Morgan fingerprint density at radius 1 is 1.08 bits per heavy atom. The highest BCUT2D eigenvalue weighted by molar-refractivity contribution is 5.53. The standard InChI is InChI=1S/C20H30N6/c1-14(2)26-12-7-17(8-13-26)6-11-23-18-15(3)16(4)24-20(25-18)19-21-9-5-10-22-19/h5,9-10,14,17H,6-8,11-13H2,1-4H3,(H,23,24,25). The number of anilines is 1. The summed E-state index contributed by atoms with van der Waals surface area (Å²) >= 11 is 0. The number of hydrogen-bond donors (Lipinski definition) is 1. The molecule has 6 nitrogen and oxygen atoms in total. The van der Waals surface area contributed by atoms with Crippen LogP contribution in [-0.4, -0.2) is 50.5 Å². The van der Waals surface area contributed by atoms with Gasteiger partial charge in [-0.1, -0.05) is 0 Å². The summed E-state index contributed by atoms with van der Waals surface area (Å²) in [6.45, 7) is 12.0. The van der Waals surface area contributed by atoms with E-state index in [2.05, 4.69) is 50.9 Å². The van der Waals surface area contributed by atoms with E-state index in [4.69, 9.17) is 0 Å². The van der Waals surface area contributed by atoms with Crippen LogP contribution in [0.25, 0.3) is 11.6 Å². The highest BCUT2D eigenvalue weighted by atomic mass is 15.1. The summed E-state index contributed by atoms with van der Waals surface area (Å²) in [5.41, 5.74) is 2.06. The lowest BCUT2D eigenvalue weighted by molar-refractivity contribution is 0.147. The van der Waals surface area contributed by atoms with Crippen molar-refractivity contribution in [1.29, 1.82) is 0 Å². The van der Waals surface area contributed by atoms with Crippen molar-refractivity contribution in [3.8, 4) is 11.6 Å². The second kappa shape index (κ2) is 8.54. The van der Waals surface area contributed by atoms with Crippen molar-refractivity contribution in [3.05, 3.63) is 29.7 Å². The Balaban J connectivity index is 1.59. The topological polar surface area (TPSA) is 66.8 Å². The molecule has 0 radical (unpaired) electrons. The lowest BCUT2D eigenvalue weighted by Crippen LogP contribution is -2.38. The van der Waals surface area contributed by atoms with Crippen molar-refractivity contribution in [3.63, 3.8) is 0 Å². The van der Waals surface area contributed by atoms with Crippen molar-refractivity contribution >= 4 is 5.82 Å². The average molecular weight is 355 g/mol. The summed E-state index contributed by atoms with van der Waals surface area (Å²) in [6, 6.07) is 2.47. The van der Waals surface area contributed by atoms with Gasteiger partial charge in [0.1, 0.15) is 5.82 Å². The van der Waals surface area contributed by atoms with Crippen LogP contribution in [-0.2, 0) is 0 Å². The second-order valence-electron chi connectivity index (χ2n) is 7.47. The molecule has 2 aromatic heterocycles. The number of aromatic nitrogens is 4. The molecule has 0 spiro atoms. The van der Waals surface area contributed by atoms with Gasteiger partial charge in [0.2, 0.25) is 0 Å². The minimum absolute atomic E-state index is 0.569. The Kier molecular flexibility index (Phi) is 6.14. The Bertz CT molecular complexity index is 708. The van der Waals surface area contributed by atoms with E-state index >= 15 is 0 Å². The number of rotatable bonds is 6. The zero-order valence-electron chi connectivity index (χ0n) is 16.4. The molecular formula is C20H30N6. The molecule has 1 aliphatic rings. The molecule has 0 aromatic carbocycles. The predicted octanol–water partition coefficient (Wildman–Crippen LogP) is 3.47. The summed E-state index contributed by atoms with van der Waals surface area (Å²) in [6.07, 6.45) is 7.22. The van der Waals surface area contributed by atoms with Gasteiger partial charge < -0.3 is 10.2 Å². The third-order valence-electron chi connectivity index (χ3n) is 5.38. The molecule has 0 saturated carbocycles. The van der Waals surface area contributed by atoms with Crippen LogP contribution < -0.4 is 5.32 Å². The van der Waals surface area contributed by atoms with Gasteiger partial charge in [0.05, 0.1) is 0 Å². The van der Waals surface area contributed by atoms with Crippen LogP contribution in [0.1, 0.15) is 44.4 Å². The van der Waals surface area contributed by atoms with Crippen LogP contribution >= 0.6 is 0 Å². The SMILES string of the molecule is Cc1nc(-c2ncccn2)nc(NCCC2CCN(C(C)C)CC2)c1C. The molecule has 0 bridgehead atoms. The van der Waals surface area contributed by atoms with Crippen molar-refractivity contribution in [2.24, 2.45) is 5.92 Å². The Morgan fingerprint density at radius 2 is 1.77 bits per heavy atom. The Labute approximate surface area is 156 Å². The van der Waals surface area contributed by atoms with Crippen molar-refractivity contribution in [2.45, 2.75) is 53.0 Å². The van der Waals surface area contributed by atoms with Crippen LogP contribution in [0.4, 0.5) is 5.82 Å². The van der Waals surface area contributed by atoms with Crippen molar-refractivity contribution in [1.82, 2.24) is 24.8 Å². The fourth-order valence-corrected chi connectivity index (χ4v) is 3.47. The van der Waals surface area contributed by atoms with Crippen molar-refractivity contribution < 1.29 is 0 Å². The molecule has 3 rings (SSSR count). The molecule has 2 aromatic rings. The first kappa shape index (κ1) is 18.7. The van der Waals surface area contributed by atoms with Crippen LogP contribution in [0.2, 0.25) is 0 Å². The van der Waals surface area contributed by atoms with Gasteiger partial charge in [-0.3, -0.25) is 0 Å². The molecule has 3 heterocycles. The summed E-state index contributed by atoms with van der Waals surface area (Å²) in [4.78, 5) is 20.3. The number of nitrogens with zero attached hydrogens (tertiary/aromatic N) is 5. The van der Waals surface area contributed by atoms with E-state index < -0.39 is 0 Å². The van der Waals surface area contributed by atoms with E-state index in [9.17, 15) is 0 Å². The lowest BCUT2D eigenvalue weighted by Gasteiger charge is -2.34. The maximum Gasteiger partial charge on any atom is 0.199 e. The van der Waals surface area contributed by atoms with E-state index in [1.54, 1.807) is 18.5 Å². The average Bonchev–Trinajstić information content (AvgIpc) is 2.66. The van der Waals surface area contributed by atoms with Gasteiger partial charge in [-0.25, -0.2) is 19.9 Å². The van der Waals surface area contributed by atoms with Gasteiger partial charge in [0.15, 0.2) is 11.6 Å². The number of likely N-dealkylation sites (tertiary alicyclic amines) is 1. The maximum absolute atomic E-state index is 4.67. The first-order chi connectivity index (χ1) is 12.5. The molecule has 1 fully saturated rings. The van der Waals surface area contributed by atoms with E-state index in [1.807, 2.05) is 6.92 Å². The third-order valence-corrected chi connectivity index (χ3v) is 5.38. The highest BCUT2D eigenvalue weighted by Gasteiger charge is 2.20. The zero-order chi connectivity index (χ0) is 18.5. The first-order valence-corrected chi connectivity index (χ1v) is 9.65. The minimum atomic E-state index is 0.569. The second-order valence-corrected chi connectivity index (χ2v) is 7.47. The highest BCUT2D eigenvalue weighted by Crippen LogP contribution is 2.23. The Hall–Kier alpha value is -2.08. The summed E-state index contributed by atoms with van der Waals surface area (Å²) in [7, 11) is 0. The van der Waals surface area contributed by atoms with Gasteiger partial charge in [-0.2, -0.15) is 0 Å². The first-order valence-electron chi connectivity index (χ1n) is 9.65. The zero-order valence-corrected chi connectivity index (χ0v) is 16.4. The number of aryl methyl sites for hydroxylation is 1. The molecule has 140 valence electrons. The molecule has 6 heteroatoms. The normalized spacial score (nSPS) is 16.2. The van der Waals surface area contributed by atoms with E-state index in [-0.39, 0.29) is 0 Å². The van der Waals surface area contributed by atoms with Gasteiger partial charge in [-0.05, 0) is 72.0 Å². The van der Waals surface area contributed by atoms with Gasteiger partial charge in [-0.15, -0.1) is 0 Å². The van der Waals surface area contributed by atoms with E-state index in [1.165, 1.54) is 32.4 Å². The van der Waals surface area contributed by atoms with Crippen LogP contribution in [0.15, 0.2) is 18.5 Å². The Morgan fingerprint density at radius 3 is 2.42 bits per heavy atom. The molecule has 1 N–H and O–H groups in total. The van der Waals surface area contributed by atoms with Gasteiger partial charge in [0, 0.05) is 36.2 Å². The van der Waals surface area contributed by atoms with E-state index in [0.29, 0.717) is 17.7 Å². The maximum atomic E-state index is 4.67. The summed E-state index contributed by atoms with van der Waals surface area (Å²) in [5.74, 6) is 2.86. The molecule has 26 heavy (non-hydrogen) atoms. The van der Waals surface area contributed by atoms with Crippen LogP contribution in [0.3, 0.4) is 0 Å². The molecule has 0 atom stereocenters. The number of piperidine rings is 1. The van der Waals surface area contributed by atoms with E-state index in [0.717, 1.165) is 29.5 Å². The summed E-state index contributed by atoms with van der Waals surface area (Å²) in [5, 5.41) is 3.52. The number of nitrogens with one attached hydrogen (secondary N) is 1. The number of hydrogen-bond acceptors (Lipinski definition) is 6. The monoisotopic (exact) mass is 354 g/mol. The van der Waals surface area contributed by atoms with Crippen molar-refractivity contribution in [2.75, 3.05) is 25.0 Å². The molecule has 0 amide bonds. The fraction of sp³-hybridized carbons (Fsp3) is 0.600. The summed E-state index contributed by atoms with van der Waals surface area (Å²) < 4.78 is 0. The molecule has 1 saturated heterocycles. The smallest absolute Gasteiger partial charge is 0.199 e. The minimum Gasteiger partial charge on any atom is -0.370 e. The molecular weight excluding hydrogens is 324 g/mol. The molecule has 1 aliphatic heterocycles. The third kappa shape index (κ3) is 4.55. The van der Waals surface area contributed by atoms with Crippen LogP contribution in [0, 0.1) is 19.8 Å². The quantitative estimate of drug-likeness (QED) is 0.857. The van der Waals surface area contributed by atoms with Gasteiger partial charge in [0.25, 0.3) is 0 Å². The van der Waals surface area contributed by atoms with Gasteiger partial charge >= 0.3 is 0 Å². The predicted molar refractivity (Wildman–Crippen MR) is 105 cm³/mol. The molecule has 0 aliphatic carbocycles. The lowest BCUT2D eigenvalue weighted by atomic mass is 9.93. The van der Waals surface area contributed by atoms with Crippen LogP contribution in [0.5, 0.6) is 0 Å².